The first-order valence-electron chi connectivity index (χ1n) is 6.44. The molecule has 5 heteroatoms. The number of piperidine rings is 1. The topological polar surface area (TPSA) is 55.0 Å². The van der Waals surface area contributed by atoms with Gasteiger partial charge in [-0.1, -0.05) is 0 Å². The maximum Gasteiger partial charge on any atom is 0.127 e. The van der Waals surface area contributed by atoms with Crippen LogP contribution in [0.1, 0.15) is 33.6 Å². The van der Waals surface area contributed by atoms with E-state index in [1.807, 2.05) is 17.8 Å². The molecule has 2 heterocycles. The van der Waals surface area contributed by atoms with E-state index in [2.05, 4.69) is 35.6 Å². The van der Waals surface area contributed by atoms with Crippen LogP contribution in [0.15, 0.2) is 17.4 Å². The summed E-state index contributed by atoms with van der Waals surface area (Å²) in [7, 11) is 0. The molecule has 1 aliphatic rings. The highest BCUT2D eigenvalue weighted by atomic mass is 32.2. The molecule has 0 spiro atoms. The Hall–Kier alpha value is -0.810. The number of nitrogens with two attached hydrogens (primary N) is 1. The molecule has 0 radical (unpaired) electrons. The monoisotopic (exact) mass is 266 g/mol. The van der Waals surface area contributed by atoms with Crippen molar-refractivity contribution in [3.63, 3.8) is 0 Å². The molecule has 0 saturated carbocycles. The van der Waals surface area contributed by atoms with Crippen molar-refractivity contribution in [2.45, 2.75) is 49.4 Å². The van der Waals surface area contributed by atoms with Crippen molar-refractivity contribution in [1.82, 2.24) is 14.9 Å². The summed E-state index contributed by atoms with van der Waals surface area (Å²) < 4.78 is 0. The molecule has 1 saturated heterocycles. The van der Waals surface area contributed by atoms with E-state index in [-0.39, 0.29) is 5.54 Å². The number of thioether (sulfide) groups is 1. The molecule has 2 N–H and O–H groups in total. The fraction of sp³-hybridized carbons (Fsp3) is 0.692. The number of hydrogen-bond acceptors (Lipinski definition) is 5. The van der Waals surface area contributed by atoms with Crippen molar-refractivity contribution in [2.75, 3.05) is 18.8 Å². The van der Waals surface area contributed by atoms with Gasteiger partial charge in [0.05, 0.1) is 0 Å². The van der Waals surface area contributed by atoms with E-state index >= 15 is 0 Å². The SMILES string of the molecule is CC(C)(C)N1CCC(Sc2cc(N)ncn2)CC1. The van der Waals surface area contributed by atoms with Crippen LogP contribution < -0.4 is 5.73 Å². The molecule has 0 unspecified atom stereocenters. The number of likely N-dealkylation sites (tertiary alicyclic amines) is 1. The summed E-state index contributed by atoms with van der Waals surface area (Å²) in [4.78, 5) is 10.7. The van der Waals surface area contributed by atoms with Crippen molar-refractivity contribution in [3.05, 3.63) is 12.4 Å². The van der Waals surface area contributed by atoms with Gasteiger partial charge in [0, 0.05) is 16.9 Å². The number of nitrogen functional groups attached to an aromatic ring is 1. The average Bonchev–Trinajstić information content (AvgIpc) is 2.28. The third-order valence-electron chi connectivity index (χ3n) is 3.34. The van der Waals surface area contributed by atoms with Crippen molar-refractivity contribution >= 4 is 17.6 Å². The summed E-state index contributed by atoms with van der Waals surface area (Å²) in [6, 6.07) is 1.86. The molecule has 0 aliphatic carbocycles. The number of anilines is 1. The first kappa shape index (κ1) is 13.6. The highest BCUT2D eigenvalue weighted by Gasteiger charge is 2.27. The molecule has 0 amide bonds. The van der Waals surface area contributed by atoms with Gasteiger partial charge in [0.1, 0.15) is 17.2 Å². The van der Waals surface area contributed by atoms with Gasteiger partial charge in [-0.3, -0.25) is 4.90 Å². The first-order valence-corrected chi connectivity index (χ1v) is 7.32. The standard InChI is InChI=1S/C13H22N4S/c1-13(2,3)17-6-4-10(5-7-17)18-12-8-11(14)15-9-16-12/h8-10H,4-7H2,1-3H3,(H2,14,15,16). The number of hydrogen-bond donors (Lipinski definition) is 1. The lowest BCUT2D eigenvalue weighted by molar-refractivity contribution is 0.113. The van der Waals surface area contributed by atoms with Gasteiger partial charge in [-0.15, -0.1) is 11.8 Å². The second kappa shape index (κ2) is 5.45. The minimum atomic E-state index is 0.287. The predicted molar refractivity (Wildman–Crippen MR) is 76.6 cm³/mol. The van der Waals surface area contributed by atoms with Crippen LogP contribution in [-0.2, 0) is 0 Å². The zero-order valence-electron chi connectivity index (χ0n) is 11.4. The zero-order valence-corrected chi connectivity index (χ0v) is 12.2. The normalized spacial score (nSPS) is 19.1. The lowest BCUT2D eigenvalue weighted by Crippen LogP contribution is -2.46. The molecule has 1 aromatic rings. The minimum Gasteiger partial charge on any atom is -0.384 e. The number of nitrogens with zero attached hydrogens (tertiary/aromatic N) is 3. The molecule has 2 rings (SSSR count). The fourth-order valence-electron chi connectivity index (χ4n) is 2.23. The lowest BCUT2D eigenvalue weighted by Gasteiger charge is -2.40. The summed E-state index contributed by atoms with van der Waals surface area (Å²) in [5, 5.41) is 1.65. The van der Waals surface area contributed by atoms with E-state index in [9.17, 15) is 0 Å². The fourth-order valence-corrected chi connectivity index (χ4v) is 3.32. The lowest BCUT2D eigenvalue weighted by atomic mass is 10.0. The summed E-state index contributed by atoms with van der Waals surface area (Å²) in [6.45, 7) is 9.19. The summed E-state index contributed by atoms with van der Waals surface area (Å²) in [5.74, 6) is 0.555. The van der Waals surface area contributed by atoms with Crippen LogP contribution in [0.3, 0.4) is 0 Å². The Balaban J connectivity index is 1.87. The molecule has 1 aromatic heterocycles. The second-order valence-corrected chi connectivity index (χ2v) is 7.08. The maximum absolute atomic E-state index is 5.67. The minimum absolute atomic E-state index is 0.287. The third-order valence-corrected chi connectivity index (χ3v) is 4.61. The van der Waals surface area contributed by atoms with E-state index in [0.717, 1.165) is 5.03 Å². The van der Waals surface area contributed by atoms with E-state index in [1.165, 1.54) is 25.9 Å². The average molecular weight is 266 g/mol. The van der Waals surface area contributed by atoms with Crippen molar-refractivity contribution in [2.24, 2.45) is 0 Å². The van der Waals surface area contributed by atoms with Gasteiger partial charge < -0.3 is 5.73 Å². The van der Waals surface area contributed by atoms with Gasteiger partial charge in [0.2, 0.25) is 0 Å². The summed E-state index contributed by atoms with van der Waals surface area (Å²) in [5.41, 5.74) is 5.96. The molecular formula is C13H22N4S. The largest absolute Gasteiger partial charge is 0.384 e. The molecule has 4 nitrogen and oxygen atoms in total. The maximum atomic E-state index is 5.67. The molecule has 18 heavy (non-hydrogen) atoms. The quantitative estimate of drug-likeness (QED) is 0.833. The van der Waals surface area contributed by atoms with Crippen LogP contribution in [0.2, 0.25) is 0 Å². The Bertz CT molecular complexity index is 394. The number of rotatable bonds is 2. The van der Waals surface area contributed by atoms with E-state index in [1.54, 1.807) is 6.33 Å². The van der Waals surface area contributed by atoms with Gasteiger partial charge in [-0.25, -0.2) is 9.97 Å². The Morgan fingerprint density at radius 2 is 1.94 bits per heavy atom. The van der Waals surface area contributed by atoms with Crippen LogP contribution in [0.5, 0.6) is 0 Å². The molecule has 0 aromatic carbocycles. The van der Waals surface area contributed by atoms with Gasteiger partial charge in [0.15, 0.2) is 0 Å². The second-order valence-electron chi connectivity index (χ2n) is 5.76. The number of aromatic nitrogens is 2. The highest BCUT2D eigenvalue weighted by molar-refractivity contribution is 7.99. The van der Waals surface area contributed by atoms with Gasteiger partial charge in [-0.05, 0) is 46.7 Å². The first-order chi connectivity index (χ1) is 8.45. The van der Waals surface area contributed by atoms with Crippen molar-refractivity contribution in [3.8, 4) is 0 Å². The van der Waals surface area contributed by atoms with Gasteiger partial charge >= 0.3 is 0 Å². The Morgan fingerprint density at radius 3 is 2.50 bits per heavy atom. The van der Waals surface area contributed by atoms with Gasteiger partial charge in [0.25, 0.3) is 0 Å². The van der Waals surface area contributed by atoms with E-state index in [4.69, 9.17) is 5.73 Å². The Morgan fingerprint density at radius 1 is 1.28 bits per heavy atom. The van der Waals surface area contributed by atoms with E-state index < -0.39 is 0 Å². The third kappa shape index (κ3) is 3.59. The Kier molecular flexibility index (Phi) is 4.12. The zero-order chi connectivity index (χ0) is 13.2. The van der Waals surface area contributed by atoms with E-state index in [0.29, 0.717) is 11.1 Å². The van der Waals surface area contributed by atoms with Crippen LogP contribution in [0, 0.1) is 0 Å². The van der Waals surface area contributed by atoms with Crippen LogP contribution in [0.25, 0.3) is 0 Å². The molecule has 1 aliphatic heterocycles. The molecule has 0 bridgehead atoms. The smallest absolute Gasteiger partial charge is 0.127 e. The highest BCUT2D eigenvalue weighted by Crippen LogP contribution is 2.31. The molecule has 100 valence electrons. The predicted octanol–water partition coefficient (Wildman–Crippen LogP) is 2.41. The van der Waals surface area contributed by atoms with Crippen molar-refractivity contribution in [1.29, 1.82) is 0 Å². The van der Waals surface area contributed by atoms with Crippen LogP contribution >= 0.6 is 11.8 Å². The molecular weight excluding hydrogens is 244 g/mol. The molecule has 1 fully saturated rings. The molecule has 0 atom stereocenters. The summed E-state index contributed by atoms with van der Waals surface area (Å²) in [6.07, 6.45) is 3.97. The van der Waals surface area contributed by atoms with Crippen LogP contribution in [0.4, 0.5) is 5.82 Å². The van der Waals surface area contributed by atoms with Crippen molar-refractivity contribution < 1.29 is 0 Å². The van der Waals surface area contributed by atoms with Crippen LogP contribution in [-0.4, -0.2) is 38.7 Å². The summed E-state index contributed by atoms with van der Waals surface area (Å²) >= 11 is 1.83. The van der Waals surface area contributed by atoms with Gasteiger partial charge in [-0.2, -0.15) is 0 Å². The Labute approximate surface area is 113 Å².